The number of hydrogen-bond acceptors (Lipinski definition) is 3. The fourth-order valence-electron chi connectivity index (χ4n) is 2.71. The van der Waals surface area contributed by atoms with E-state index in [1.807, 2.05) is 7.05 Å². The second kappa shape index (κ2) is 5.66. The van der Waals surface area contributed by atoms with Crippen molar-refractivity contribution in [2.45, 2.75) is 37.5 Å². The van der Waals surface area contributed by atoms with E-state index in [0.717, 1.165) is 19.5 Å². The number of alkyl halides is 3. The predicted octanol–water partition coefficient (Wildman–Crippen LogP) is 0.737. The van der Waals surface area contributed by atoms with Crippen molar-refractivity contribution in [1.29, 1.82) is 0 Å². The van der Waals surface area contributed by atoms with Gasteiger partial charge in [0.05, 0.1) is 12.0 Å². The maximum Gasteiger partial charge on any atom is 0.393 e. The lowest BCUT2D eigenvalue weighted by Gasteiger charge is -2.31. The van der Waals surface area contributed by atoms with Gasteiger partial charge >= 0.3 is 6.18 Å². The van der Waals surface area contributed by atoms with Gasteiger partial charge in [0, 0.05) is 19.1 Å². The first-order valence-corrected chi connectivity index (χ1v) is 6.65. The van der Waals surface area contributed by atoms with Crippen molar-refractivity contribution in [3.8, 4) is 0 Å². The summed E-state index contributed by atoms with van der Waals surface area (Å²) in [6.07, 6.45) is -2.99. The Morgan fingerprint density at radius 2 is 2.05 bits per heavy atom. The predicted molar refractivity (Wildman–Crippen MR) is 64.6 cm³/mol. The number of carbonyl (C=O) groups excluding carboxylic acids is 1. The van der Waals surface area contributed by atoms with E-state index in [9.17, 15) is 18.0 Å². The molecule has 110 valence electrons. The van der Waals surface area contributed by atoms with E-state index in [0.29, 0.717) is 0 Å². The quantitative estimate of drug-likeness (QED) is 0.783. The van der Waals surface area contributed by atoms with Crippen LogP contribution in [-0.4, -0.2) is 55.7 Å². The molecule has 19 heavy (non-hydrogen) atoms. The number of amides is 1. The van der Waals surface area contributed by atoms with Crippen LogP contribution in [0.2, 0.25) is 0 Å². The SMILES string of the molecule is CN1CCC(NC(=O)C2CCC(C(F)(F)F)CN2)C1. The molecule has 4 nitrogen and oxygen atoms in total. The van der Waals surface area contributed by atoms with E-state index in [4.69, 9.17) is 0 Å². The first-order valence-electron chi connectivity index (χ1n) is 6.65. The number of nitrogens with zero attached hydrogens (tertiary/aromatic N) is 1. The van der Waals surface area contributed by atoms with Gasteiger partial charge in [-0.25, -0.2) is 0 Å². The van der Waals surface area contributed by atoms with Gasteiger partial charge in [-0.2, -0.15) is 13.2 Å². The summed E-state index contributed by atoms with van der Waals surface area (Å²) in [5.41, 5.74) is 0. The highest BCUT2D eigenvalue weighted by Crippen LogP contribution is 2.31. The van der Waals surface area contributed by atoms with Gasteiger partial charge in [0.15, 0.2) is 0 Å². The third kappa shape index (κ3) is 3.82. The highest BCUT2D eigenvalue weighted by atomic mass is 19.4. The maximum absolute atomic E-state index is 12.5. The molecule has 0 aromatic carbocycles. The molecule has 0 aromatic rings. The third-order valence-corrected chi connectivity index (χ3v) is 3.93. The minimum Gasteiger partial charge on any atom is -0.351 e. The van der Waals surface area contributed by atoms with Crippen LogP contribution < -0.4 is 10.6 Å². The smallest absolute Gasteiger partial charge is 0.351 e. The second-order valence-corrected chi connectivity index (χ2v) is 5.53. The van der Waals surface area contributed by atoms with E-state index in [1.54, 1.807) is 0 Å². The molecule has 2 aliphatic rings. The summed E-state index contributed by atoms with van der Waals surface area (Å²) in [6.45, 7) is 1.59. The molecule has 3 unspecified atom stereocenters. The van der Waals surface area contributed by atoms with Crippen molar-refractivity contribution >= 4 is 5.91 Å². The van der Waals surface area contributed by atoms with Gasteiger partial charge < -0.3 is 15.5 Å². The lowest BCUT2D eigenvalue weighted by Crippen LogP contribution is -2.53. The molecule has 2 rings (SSSR count). The molecular formula is C12H20F3N3O. The summed E-state index contributed by atoms with van der Waals surface area (Å²) < 4.78 is 37.5. The summed E-state index contributed by atoms with van der Waals surface area (Å²) in [6, 6.07) is -0.357. The molecule has 0 radical (unpaired) electrons. The zero-order valence-electron chi connectivity index (χ0n) is 11.0. The average Bonchev–Trinajstić information content (AvgIpc) is 2.74. The van der Waals surface area contributed by atoms with E-state index in [2.05, 4.69) is 15.5 Å². The second-order valence-electron chi connectivity index (χ2n) is 5.53. The Kier molecular flexibility index (Phi) is 4.35. The van der Waals surface area contributed by atoms with Crippen molar-refractivity contribution in [3.63, 3.8) is 0 Å². The van der Waals surface area contributed by atoms with E-state index >= 15 is 0 Å². The van der Waals surface area contributed by atoms with Gasteiger partial charge in [0.25, 0.3) is 0 Å². The maximum atomic E-state index is 12.5. The molecule has 2 saturated heterocycles. The molecule has 0 bridgehead atoms. The van der Waals surface area contributed by atoms with Crippen LogP contribution in [0.25, 0.3) is 0 Å². The normalized spacial score (nSPS) is 33.4. The van der Waals surface area contributed by atoms with Crippen LogP contribution in [0, 0.1) is 5.92 Å². The number of halogens is 3. The summed E-state index contributed by atoms with van der Waals surface area (Å²) >= 11 is 0. The van der Waals surface area contributed by atoms with Crippen LogP contribution >= 0.6 is 0 Å². The molecule has 0 saturated carbocycles. The van der Waals surface area contributed by atoms with Crippen molar-refractivity contribution in [1.82, 2.24) is 15.5 Å². The lowest BCUT2D eigenvalue weighted by molar-refractivity contribution is -0.180. The molecule has 7 heteroatoms. The molecule has 2 N–H and O–H groups in total. The highest BCUT2D eigenvalue weighted by molar-refractivity contribution is 5.82. The fourth-order valence-corrected chi connectivity index (χ4v) is 2.71. The molecule has 2 heterocycles. The zero-order valence-corrected chi connectivity index (χ0v) is 11.0. The van der Waals surface area contributed by atoms with Gasteiger partial charge in [-0.15, -0.1) is 0 Å². The minimum absolute atomic E-state index is 0.0269. The molecule has 3 atom stereocenters. The molecule has 0 aromatic heterocycles. The molecule has 0 spiro atoms. The topological polar surface area (TPSA) is 44.4 Å². The third-order valence-electron chi connectivity index (χ3n) is 3.93. The number of carbonyl (C=O) groups is 1. The Labute approximate surface area is 110 Å². The fraction of sp³-hybridized carbons (Fsp3) is 0.917. The van der Waals surface area contributed by atoms with E-state index in [-0.39, 0.29) is 31.3 Å². The number of likely N-dealkylation sites (tertiary alicyclic amines) is 1. The Hall–Kier alpha value is -0.820. The largest absolute Gasteiger partial charge is 0.393 e. The standard InChI is InChI=1S/C12H20F3N3O/c1-18-5-4-9(7-18)17-11(19)10-3-2-8(6-16-10)12(13,14)15/h8-10,16H,2-7H2,1H3,(H,17,19). The van der Waals surface area contributed by atoms with Crippen LogP contribution in [0.1, 0.15) is 19.3 Å². The summed E-state index contributed by atoms with van der Waals surface area (Å²) in [7, 11) is 1.99. The van der Waals surface area contributed by atoms with Crippen LogP contribution in [0.4, 0.5) is 13.2 Å². The highest BCUT2D eigenvalue weighted by Gasteiger charge is 2.42. The van der Waals surface area contributed by atoms with Crippen molar-refractivity contribution in [2.75, 3.05) is 26.7 Å². The van der Waals surface area contributed by atoms with E-state index in [1.165, 1.54) is 0 Å². The van der Waals surface area contributed by atoms with Crippen LogP contribution in [0.15, 0.2) is 0 Å². The number of likely N-dealkylation sites (N-methyl/N-ethyl adjacent to an activating group) is 1. The molecule has 0 aliphatic carbocycles. The molecular weight excluding hydrogens is 259 g/mol. The van der Waals surface area contributed by atoms with Crippen LogP contribution in [0.5, 0.6) is 0 Å². The summed E-state index contributed by atoms with van der Waals surface area (Å²) in [4.78, 5) is 14.1. The summed E-state index contributed by atoms with van der Waals surface area (Å²) in [5, 5.41) is 5.62. The summed E-state index contributed by atoms with van der Waals surface area (Å²) in [5.74, 6) is -1.49. The Morgan fingerprint density at radius 1 is 1.32 bits per heavy atom. The first-order chi connectivity index (χ1) is 8.86. The number of rotatable bonds is 2. The molecule has 2 fully saturated rings. The van der Waals surface area contributed by atoms with Crippen LogP contribution in [-0.2, 0) is 4.79 Å². The average molecular weight is 279 g/mol. The van der Waals surface area contributed by atoms with Crippen molar-refractivity contribution < 1.29 is 18.0 Å². The van der Waals surface area contributed by atoms with Gasteiger partial charge in [0.1, 0.15) is 0 Å². The number of nitrogens with one attached hydrogen (secondary N) is 2. The Balaban J connectivity index is 1.76. The Bertz CT molecular complexity index is 327. The minimum atomic E-state index is -4.16. The van der Waals surface area contributed by atoms with Crippen molar-refractivity contribution in [3.05, 3.63) is 0 Å². The molecule has 2 aliphatic heterocycles. The zero-order chi connectivity index (χ0) is 14.0. The number of piperidine rings is 1. The molecule has 1 amide bonds. The van der Waals surface area contributed by atoms with Gasteiger partial charge in [-0.05, 0) is 32.9 Å². The van der Waals surface area contributed by atoms with E-state index < -0.39 is 18.1 Å². The first kappa shape index (κ1) is 14.6. The van der Waals surface area contributed by atoms with Gasteiger partial charge in [-0.3, -0.25) is 4.79 Å². The van der Waals surface area contributed by atoms with Crippen molar-refractivity contribution in [2.24, 2.45) is 5.92 Å². The number of hydrogen-bond donors (Lipinski definition) is 2. The van der Waals surface area contributed by atoms with Gasteiger partial charge in [-0.1, -0.05) is 0 Å². The monoisotopic (exact) mass is 279 g/mol. The Morgan fingerprint density at radius 3 is 2.53 bits per heavy atom. The van der Waals surface area contributed by atoms with Crippen LogP contribution in [0.3, 0.4) is 0 Å². The lowest BCUT2D eigenvalue weighted by atomic mass is 9.93. The van der Waals surface area contributed by atoms with Gasteiger partial charge in [0.2, 0.25) is 5.91 Å².